The van der Waals surface area contributed by atoms with Crippen molar-refractivity contribution in [3.63, 3.8) is 0 Å². The van der Waals surface area contributed by atoms with Crippen LogP contribution in [0.15, 0.2) is 54.6 Å². The zero-order chi connectivity index (χ0) is 16.1. The van der Waals surface area contributed by atoms with Crippen molar-refractivity contribution in [2.45, 2.75) is 45.8 Å². The fraction of sp³-hybridized carbons (Fsp3) is 0.368. The van der Waals surface area contributed by atoms with Crippen LogP contribution in [0.3, 0.4) is 0 Å². The van der Waals surface area contributed by atoms with Crippen molar-refractivity contribution in [3.05, 3.63) is 71.3 Å². The molecule has 0 amide bonds. The van der Waals surface area contributed by atoms with E-state index >= 15 is 0 Å². The number of aliphatic hydroxyl groups is 2. The molecule has 0 spiro atoms. The molecular weight excluding hydrogens is 260 g/mol. The minimum atomic E-state index is -0.715. The van der Waals surface area contributed by atoms with Crippen molar-refractivity contribution in [1.29, 1.82) is 0 Å². The van der Waals surface area contributed by atoms with Gasteiger partial charge in [-0.15, -0.1) is 0 Å². The van der Waals surface area contributed by atoms with Crippen molar-refractivity contribution in [2.75, 3.05) is 0 Å². The van der Waals surface area contributed by atoms with E-state index in [2.05, 4.69) is 0 Å². The van der Waals surface area contributed by atoms with Crippen molar-refractivity contribution in [1.82, 2.24) is 0 Å². The third-order valence-corrected chi connectivity index (χ3v) is 3.24. The standard InChI is InChI=1S/C10H14O.C9H12O/c1-8-4-6-9(7-5-8)10(2,3)11;1-9(2,10)8-6-4-3-5-7-8/h4-7,11H,1-3H3;3-7,10H,1-2H3. The lowest BCUT2D eigenvalue weighted by molar-refractivity contribution is 0.0780. The van der Waals surface area contributed by atoms with Gasteiger partial charge in [0.25, 0.3) is 0 Å². The quantitative estimate of drug-likeness (QED) is 0.871. The van der Waals surface area contributed by atoms with E-state index in [0.717, 1.165) is 11.1 Å². The Hall–Kier alpha value is -1.64. The minimum Gasteiger partial charge on any atom is -0.386 e. The van der Waals surface area contributed by atoms with Crippen LogP contribution in [0.5, 0.6) is 0 Å². The van der Waals surface area contributed by atoms with E-state index < -0.39 is 11.2 Å². The van der Waals surface area contributed by atoms with Crippen LogP contribution in [0.25, 0.3) is 0 Å². The number of hydrogen-bond acceptors (Lipinski definition) is 2. The molecule has 2 aromatic carbocycles. The Bertz CT molecular complexity index is 529. The van der Waals surface area contributed by atoms with Crippen LogP contribution in [0.4, 0.5) is 0 Å². The van der Waals surface area contributed by atoms with Crippen molar-refractivity contribution in [3.8, 4) is 0 Å². The summed E-state index contributed by atoms with van der Waals surface area (Å²) in [7, 11) is 0. The summed E-state index contributed by atoms with van der Waals surface area (Å²) in [6.07, 6.45) is 0. The molecule has 2 aromatic rings. The first-order valence-corrected chi connectivity index (χ1v) is 7.18. The Balaban J connectivity index is 0.000000211. The van der Waals surface area contributed by atoms with Gasteiger partial charge in [-0.25, -0.2) is 0 Å². The second-order valence-corrected chi connectivity index (χ2v) is 6.35. The largest absolute Gasteiger partial charge is 0.386 e. The summed E-state index contributed by atoms with van der Waals surface area (Å²) < 4.78 is 0. The third-order valence-electron chi connectivity index (χ3n) is 3.24. The average molecular weight is 286 g/mol. The van der Waals surface area contributed by atoms with Gasteiger partial charge in [-0.2, -0.15) is 0 Å². The van der Waals surface area contributed by atoms with Crippen LogP contribution in [0.2, 0.25) is 0 Å². The van der Waals surface area contributed by atoms with Gasteiger partial charge < -0.3 is 10.2 Å². The summed E-state index contributed by atoms with van der Waals surface area (Å²) in [6, 6.07) is 17.5. The Labute approximate surface area is 128 Å². The molecule has 0 bridgehead atoms. The molecule has 2 N–H and O–H groups in total. The summed E-state index contributed by atoms with van der Waals surface area (Å²) in [5, 5.41) is 19.1. The molecular formula is C19H26O2. The van der Waals surface area contributed by atoms with Crippen LogP contribution >= 0.6 is 0 Å². The van der Waals surface area contributed by atoms with E-state index in [-0.39, 0.29) is 0 Å². The molecule has 0 unspecified atom stereocenters. The van der Waals surface area contributed by atoms with Crippen molar-refractivity contribution in [2.24, 2.45) is 0 Å². The molecule has 0 aliphatic rings. The first kappa shape index (κ1) is 17.4. The zero-order valence-electron chi connectivity index (χ0n) is 13.6. The SMILES string of the molecule is CC(C)(O)c1ccccc1.Cc1ccc(C(C)(C)O)cc1. The summed E-state index contributed by atoms with van der Waals surface area (Å²) in [5.41, 5.74) is 1.71. The Morgan fingerprint density at radius 3 is 1.33 bits per heavy atom. The van der Waals surface area contributed by atoms with Crippen LogP contribution in [-0.2, 0) is 11.2 Å². The van der Waals surface area contributed by atoms with Crippen LogP contribution < -0.4 is 0 Å². The van der Waals surface area contributed by atoms with Crippen molar-refractivity contribution >= 4 is 0 Å². The number of hydrogen-bond donors (Lipinski definition) is 2. The van der Waals surface area contributed by atoms with Gasteiger partial charge in [0.05, 0.1) is 11.2 Å². The van der Waals surface area contributed by atoms with Gasteiger partial charge in [0.2, 0.25) is 0 Å². The summed E-state index contributed by atoms with van der Waals surface area (Å²) in [4.78, 5) is 0. The van der Waals surface area contributed by atoms with E-state index in [9.17, 15) is 10.2 Å². The molecule has 0 saturated heterocycles. The van der Waals surface area contributed by atoms with E-state index in [1.165, 1.54) is 5.56 Å². The van der Waals surface area contributed by atoms with E-state index in [1.807, 2.05) is 61.5 Å². The Morgan fingerprint density at radius 1 is 0.619 bits per heavy atom. The molecule has 0 aromatic heterocycles. The van der Waals surface area contributed by atoms with Crippen LogP contribution in [0.1, 0.15) is 44.4 Å². The van der Waals surface area contributed by atoms with Gasteiger partial charge in [-0.05, 0) is 45.7 Å². The second-order valence-electron chi connectivity index (χ2n) is 6.35. The van der Waals surface area contributed by atoms with E-state index in [4.69, 9.17) is 0 Å². The third kappa shape index (κ3) is 6.11. The van der Waals surface area contributed by atoms with Gasteiger partial charge in [0.15, 0.2) is 0 Å². The van der Waals surface area contributed by atoms with Crippen molar-refractivity contribution < 1.29 is 10.2 Å². The highest BCUT2D eigenvalue weighted by Crippen LogP contribution is 2.19. The molecule has 2 heteroatoms. The van der Waals surface area contributed by atoms with Crippen LogP contribution in [0, 0.1) is 6.92 Å². The average Bonchev–Trinajstić information content (AvgIpc) is 2.39. The predicted octanol–water partition coefficient (Wildman–Crippen LogP) is 4.14. The van der Waals surface area contributed by atoms with Gasteiger partial charge >= 0.3 is 0 Å². The maximum Gasteiger partial charge on any atom is 0.0840 e. The summed E-state index contributed by atoms with van der Waals surface area (Å²) >= 11 is 0. The molecule has 21 heavy (non-hydrogen) atoms. The smallest absolute Gasteiger partial charge is 0.0840 e. The first-order chi connectivity index (χ1) is 9.60. The molecule has 0 atom stereocenters. The maximum atomic E-state index is 9.58. The first-order valence-electron chi connectivity index (χ1n) is 7.18. The maximum absolute atomic E-state index is 9.58. The number of benzene rings is 2. The number of rotatable bonds is 2. The fourth-order valence-electron chi connectivity index (χ4n) is 1.81. The molecule has 0 radical (unpaired) electrons. The van der Waals surface area contributed by atoms with Gasteiger partial charge in [0, 0.05) is 0 Å². The Morgan fingerprint density at radius 2 is 1.00 bits per heavy atom. The van der Waals surface area contributed by atoms with E-state index in [1.54, 1.807) is 27.7 Å². The molecule has 2 rings (SSSR count). The normalized spacial score (nSPS) is 11.6. The molecule has 0 heterocycles. The van der Waals surface area contributed by atoms with Gasteiger partial charge in [-0.1, -0.05) is 60.2 Å². The highest BCUT2D eigenvalue weighted by atomic mass is 16.3. The lowest BCUT2D eigenvalue weighted by Crippen LogP contribution is -2.14. The highest BCUT2D eigenvalue weighted by molar-refractivity contribution is 5.25. The summed E-state index contributed by atoms with van der Waals surface area (Å²) in [6.45, 7) is 9.17. The molecule has 0 saturated carbocycles. The van der Waals surface area contributed by atoms with E-state index in [0.29, 0.717) is 0 Å². The van der Waals surface area contributed by atoms with Gasteiger partial charge in [0.1, 0.15) is 0 Å². The minimum absolute atomic E-state index is 0.707. The molecule has 2 nitrogen and oxygen atoms in total. The molecule has 0 aliphatic heterocycles. The Kier molecular flexibility index (Phi) is 5.70. The summed E-state index contributed by atoms with van der Waals surface area (Å²) in [5.74, 6) is 0. The fourth-order valence-corrected chi connectivity index (χ4v) is 1.81. The number of aryl methyl sites for hydroxylation is 1. The predicted molar refractivity (Wildman–Crippen MR) is 88.1 cm³/mol. The van der Waals surface area contributed by atoms with Crippen LogP contribution in [-0.4, -0.2) is 10.2 Å². The monoisotopic (exact) mass is 286 g/mol. The van der Waals surface area contributed by atoms with Gasteiger partial charge in [-0.3, -0.25) is 0 Å². The lowest BCUT2D eigenvalue weighted by atomic mass is 9.98. The molecule has 0 aliphatic carbocycles. The molecule has 0 fully saturated rings. The second kappa shape index (κ2) is 6.88. The topological polar surface area (TPSA) is 40.5 Å². The highest BCUT2D eigenvalue weighted by Gasteiger charge is 2.14. The molecule has 114 valence electrons. The zero-order valence-corrected chi connectivity index (χ0v) is 13.6. The lowest BCUT2D eigenvalue weighted by Gasteiger charge is -2.17.